The molecule has 0 unspecified atom stereocenters. The van der Waals surface area contributed by atoms with Crippen LogP contribution in [0.3, 0.4) is 0 Å². The average Bonchev–Trinajstić information content (AvgIpc) is 2.98. The zero-order chi connectivity index (χ0) is 19.4. The summed E-state index contributed by atoms with van der Waals surface area (Å²) in [5, 5.41) is 18.1. The summed E-state index contributed by atoms with van der Waals surface area (Å²) in [7, 11) is 0. The number of para-hydroxylation sites is 1. The second-order valence-corrected chi connectivity index (χ2v) is 6.74. The molecule has 2 aromatic carbocycles. The lowest BCUT2D eigenvalue weighted by Gasteiger charge is -2.15. The topological polar surface area (TPSA) is 50.1 Å². The molecule has 0 aliphatic rings. The van der Waals surface area contributed by atoms with Crippen LogP contribution in [-0.4, -0.2) is 14.9 Å². The number of aromatic nitrogens is 2. The molecule has 3 aromatic rings. The molecule has 0 atom stereocenters. The molecule has 27 heavy (non-hydrogen) atoms. The number of hydrogen-bond acceptors (Lipinski definition) is 3. The maximum atomic E-state index is 10.1. The summed E-state index contributed by atoms with van der Waals surface area (Å²) in [5.74, 6) is 1.03. The molecule has 0 aliphatic heterocycles. The zero-order valence-electron chi connectivity index (χ0n) is 16.0. The van der Waals surface area contributed by atoms with Crippen LogP contribution in [0.4, 0.5) is 0 Å². The van der Waals surface area contributed by atoms with Crippen LogP contribution in [0.15, 0.2) is 67.4 Å². The maximum Gasteiger partial charge on any atom is 0.128 e. The van der Waals surface area contributed by atoms with Gasteiger partial charge in [-0.05, 0) is 49.6 Å². The Morgan fingerprint density at radius 2 is 1.93 bits per heavy atom. The van der Waals surface area contributed by atoms with Gasteiger partial charge >= 0.3 is 0 Å². The highest BCUT2D eigenvalue weighted by atomic mass is 16.3. The third-order valence-corrected chi connectivity index (χ3v) is 4.60. The van der Waals surface area contributed by atoms with Gasteiger partial charge in [-0.2, -0.15) is 5.10 Å². The minimum atomic E-state index is 0.213. The first kappa shape index (κ1) is 18.5. The number of nitrogens with zero attached hydrogens (tertiary/aromatic N) is 2. The number of allylic oxidation sites excluding steroid dienone is 2. The van der Waals surface area contributed by atoms with E-state index >= 15 is 0 Å². The van der Waals surface area contributed by atoms with Crippen molar-refractivity contribution < 1.29 is 5.11 Å². The monoisotopic (exact) mass is 359 g/mol. The van der Waals surface area contributed by atoms with E-state index in [-0.39, 0.29) is 5.75 Å². The van der Waals surface area contributed by atoms with Gasteiger partial charge in [0.1, 0.15) is 11.6 Å². The lowest BCUT2D eigenvalue weighted by atomic mass is 10.1. The molecule has 0 saturated heterocycles. The Bertz CT molecular complexity index is 998. The van der Waals surface area contributed by atoms with Crippen molar-refractivity contribution >= 4 is 11.4 Å². The fraction of sp³-hybridized carbons (Fsp3) is 0.174. The summed E-state index contributed by atoms with van der Waals surface area (Å²) in [6.45, 7) is 11.0. The Morgan fingerprint density at radius 3 is 2.59 bits per heavy atom. The molecule has 0 fully saturated rings. The molecule has 0 bridgehead atoms. The normalized spacial score (nSPS) is 11.4. The number of benzene rings is 2. The van der Waals surface area contributed by atoms with Gasteiger partial charge in [0.05, 0.1) is 6.20 Å². The highest BCUT2D eigenvalue weighted by molar-refractivity contribution is 5.80. The molecule has 3 rings (SSSR count). The van der Waals surface area contributed by atoms with E-state index in [1.54, 1.807) is 12.1 Å². The van der Waals surface area contributed by atoms with Gasteiger partial charge in [-0.3, -0.25) is 0 Å². The molecule has 0 aliphatic carbocycles. The Hall–Kier alpha value is -3.27. The molecule has 0 amide bonds. The van der Waals surface area contributed by atoms with Gasteiger partial charge in [0, 0.05) is 17.8 Å². The lowest BCUT2D eigenvalue weighted by Crippen LogP contribution is -2.19. The first-order valence-electron chi connectivity index (χ1n) is 8.95. The highest BCUT2D eigenvalue weighted by Crippen LogP contribution is 2.26. The molecule has 1 aromatic heterocycles. The fourth-order valence-corrected chi connectivity index (χ4v) is 2.92. The van der Waals surface area contributed by atoms with Crippen LogP contribution in [0, 0.1) is 20.8 Å². The van der Waals surface area contributed by atoms with E-state index in [1.165, 1.54) is 11.1 Å². The third-order valence-electron chi connectivity index (χ3n) is 4.60. The van der Waals surface area contributed by atoms with Gasteiger partial charge in [-0.25, -0.2) is 4.68 Å². The van der Waals surface area contributed by atoms with Crippen molar-refractivity contribution in [1.82, 2.24) is 15.1 Å². The maximum absolute atomic E-state index is 10.1. The van der Waals surface area contributed by atoms with E-state index in [2.05, 4.69) is 48.2 Å². The van der Waals surface area contributed by atoms with Crippen molar-refractivity contribution in [3.8, 4) is 5.75 Å². The number of phenols is 1. The van der Waals surface area contributed by atoms with Crippen molar-refractivity contribution in [2.24, 2.45) is 0 Å². The molecule has 1 heterocycles. The molecule has 4 heteroatoms. The van der Waals surface area contributed by atoms with E-state index in [4.69, 9.17) is 0 Å². The number of rotatable bonds is 6. The van der Waals surface area contributed by atoms with Crippen molar-refractivity contribution in [2.75, 3.05) is 0 Å². The first-order valence-corrected chi connectivity index (χ1v) is 8.95. The van der Waals surface area contributed by atoms with E-state index in [9.17, 15) is 5.11 Å². The summed E-state index contributed by atoms with van der Waals surface area (Å²) in [6.07, 6.45) is 3.77. The SMILES string of the molecule is C=C(/C=C(/NCc1cccc(C)c1)n1ncc(C)c1C)c1ccccc1O. The largest absolute Gasteiger partial charge is 0.507 e. The minimum absolute atomic E-state index is 0.213. The first-order chi connectivity index (χ1) is 13.0. The van der Waals surface area contributed by atoms with Crippen LogP contribution in [0.5, 0.6) is 5.75 Å². The number of nitrogens with one attached hydrogen (secondary N) is 1. The molecule has 0 saturated carbocycles. The van der Waals surface area contributed by atoms with Crippen LogP contribution in [0.25, 0.3) is 11.4 Å². The van der Waals surface area contributed by atoms with Crippen LogP contribution in [0.2, 0.25) is 0 Å². The van der Waals surface area contributed by atoms with Crippen molar-refractivity contribution in [1.29, 1.82) is 0 Å². The molecular weight excluding hydrogens is 334 g/mol. The fourth-order valence-electron chi connectivity index (χ4n) is 2.92. The molecule has 0 spiro atoms. The van der Waals surface area contributed by atoms with E-state index in [1.807, 2.05) is 42.9 Å². The Balaban J connectivity index is 1.93. The van der Waals surface area contributed by atoms with Gasteiger partial charge < -0.3 is 10.4 Å². The van der Waals surface area contributed by atoms with Gasteiger partial charge in [0.25, 0.3) is 0 Å². The van der Waals surface area contributed by atoms with E-state index < -0.39 is 0 Å². The second kappa shape index (κ2) is 7.96. The van der Waals surface area contributed by atoms with Gasteiger partial charge in [-0.15, -0.1) is 0 Å². The van der Waals surface area contributed by atoms with Gasteiger partial charge in [0.15, 0.2) is 0 Å². The summed E-state index contributed by atoms with van der Waals surface area (Å²) in [5.41, 5.74) is 6.01. The third kappa shape index (κ3) is 4.29. The molecule has 138 valence electrons. The van der Waals surface area contributed by atoms with Crippen LogP contribution < -0.4 is 5.32 Å². The summed E-state index contributed by atoms with van der Waals surface area (Å²) in [4.78, 5) is 0. The number of aromatic hydroxyl groups is 1. The predicted octanol–water partition coefficient (Wildman–Crippen LogP) is 4.82. The predicted molar refractivity (Wildman–Crippen MR) is 111 cm³/mol. The lowest BCUT2D eigenvalue weighted by molar-refractivity contribution is 0.474. The molecular formula is C23H25N3O. The minimum Gasteiger partial charge on any atom is -0.507 e. The van der Waals surface area contributed by atoms with Crippen LogP contribution in [0.1, 0.15) is 27.9 Å². The second-order valence-electron chi connectivity index (χ2n) is 6.74. The smallest absolute Gasteiger partial charge is 0.128 e. The Morgan fingerprint density at radius 1 is 1.15 bits per heavy atom. The highest BCUT2D eigenvalue weighted by Gasteiger charge is 2.10. The summed E-state index contributed by atoms with van der Waals surface area (Å²) < 4.78 is 1.87. The quantitative estimate of drug-likeness (QED) is 0.621. The van der Waals surface area contributed by atoms with Crippen molar-refractivity contribution in [3.05, 3.63) is 95.3 Å². The van der Waals surface area contributed by atoms with Gasteiger partial charge in [-0.1, -0.05) is 54.6 Å². The Kier molecular flexibility index (Phi) is 5.46. The van der Waals surface area contributed by atoms with Gasteiger partial charge in [0.2, 0.25) is 0 Å². The number of phenolic OH excluding ortho intramolecular Hbond substituents is 1. The van der Waals surface area contributed by atoms with Crippen molar-refractivity contribution in [3.63, 3.8) is 0 Å². The number of aryl methyl sites for hydroxylation is 2. The van der Waals surface area contributed by atoms with Crippen LogP contribution in [-0.2, 0) is 6.54 Å². The zero-order valence-corrected chi connectivity index (χ0v) is 16.0. The molecule has 2 N–H and O–H groups in total. The van der Waals surface area contributed by atoms with Crippen LogP contribution >= 0.6 is 0 Å². The molecule has 4 nitrogen and oxygen atoms in total. The van der Waals surface area contributed by atoms with E-state index in [0.717, 1.165) is 17.1 Å². The average molecular weight is 359 g/mol. The van der Waals surface area contributed by atoms with Crippen molar-refractivity contribution in [2.45, 2.75) is 27.3 Å². The number of hydrogen-bond donors (Lipinski definition) is 2. The summed E-state index contributed by atoms with van der Waals surface area (Å²) in [6, 6.07) is 15.6. The molecule has 0 radical (unpaired) electrons. The Labute approximate surface area is 160 Å². The standard InChI is InChI=1S/C23H25N3O/c1-16-8-7-9-20(12-16)15-24-23(26-19(4)18(3)14-25-26)13-17(2)21-10-5-6-11-22(21)27/h5-14,24,27H,2,15H2,1,3-4H3/b23-13-. The summed E-state index contributed by atoms with van der Waals surface area (Å²) >= 11 is 0. The van der Waals surface area contributed by atoms with E-state index in [0.29, 0.717) is 17.7 Å².